The zero-order valence-corrected chi connectivity index (χ0v) is 26.3. The van der Waals surface area contributed by atoms with Crippen molar-refractivity contribution in [2.24, 2.45) is 0 Å². The number of pyridine rings is 1. The van der Waals surface area contributed by atoms with Crippen LogP contribution in [-0.2, 0) is 19.0 Å². The number of nitrogens with zero attached hydrogens (tertiary/aromatic N) is 7. The minimum atomic E-state index is -4.42. The van der Waals surface area contributed by atoms with Crippen LogP contribution in [0.25, 0.3) is 39.3 Å². The van der Waals surface area contributed by atoms with Crippen molar-refractivity contribution in [1.29, 1.82) is 0 Å². The Kier molecular flexibility index (Phi) is 8.72. The van der Waals surface area contributed by atoms with E-state index in [-0.39, 0.29) is 5.69 Å². The molecule has 9 nitrogen and oxygen atoms in total. The van der Waals surface area contributed by atoms with Gasteiger partial charge in [0.2, 0.25) is 0 Å². The van der Waals surface area contributed by atoms with E-state index in [9.17, 15) is 23.3 Å². The molecule has 0 aliphatic carbocycles. The minimum absolute atomic E-state index is 0.0334. The molecule has 0 radical (unpaired) electrons. The lowest BCUT2D eigenvalue weighted by Crippen LogP contribution is -2.13. The summed E-state index contributed by atoms with van der Waals surface area (Å²) in [6.07, 6.45) is -3.11. The third-order valence-electron chi connectivity index (χ3n) is 8.19. The Morgan fingerprint density at radius 2 is 1.48 bits per heavy atom. The molecule has 4 aromatic carbocycles. The summed E-state index contributed by atoms with van der Waals surface area (Å²) in [6.45, 7) is 4.01. The predicted molar refractivity (Wildman–Crippen MR) is 178 cm³/mol. The molecule has 0 atom stereocenters. The number of hydrogen-bond donors (Lipinski definition) is 0. The van der Waals surface area contributed by atoms with Gasteiger partial charge in [-0.25, -0.2) is 0 Å². The number of non-ortho nitro benzene ring substituents is 1. The second-order valence-corrected chi connectivity index (χ2v) is 11.1. The van der Waals surface area contributed by atoms with Crippen LogP contribution in [0.5, 0.6) is 0 Å². The first-order valence-corrected chi connectivity index (χ1v) is 15.3. The van der Waals surface area contributed by atoms with Gasteiger partial charge in [0.25, 0.3) is 5.69 Å². The van der Waals surface area contributed by atoms with Crippen LogP contribution in [0.1, 0.15) is 30.8 Å². The summed E-state index contributed by atoms with van der Waals surface area (Å²) in [5.41, 5.74) is 7.25. The number of tetrazole rings is 1. The molecule has 0 spiro atoms. The van der Waals surface area contributed by atoms with Crippen LogP contribution in [0.15, 0.2) is 103 Å². The molecule has 0 unspecified atom stereocenters. The Labute approximate surface area is 274 Å². The topological polar surface area (TPSA) is 103 Å². The zero-order chi connectivity index (χ0) is 34.0. The quantitative estimate of drug-likeness (QED) is 0.114. The molecule has 0 aliphatic heterocycles. The average Bonchev–Trinajstić information content (AvgIpc) is 3.60. The molecule has 6 aromatic rings. The van der Waals surface area contributed by atoms with Gasteiger partial charge in [-0.15, -0.1) is 5.10 Å². The number of nitro groups is 1. The summed E-state index contributed by atoms with van der Waals surface area (Å²) in [5.74, 6) is 0.470. The molecule has 242 valence electrons. The van der Waals surface area contributed by atoms with Crippen LogP contribution in [0, 0.1) is 10.1 Å². The maximum absolute atomic E-state index is 13.3. The highest BCUT2D eigenvalue weighted by Crippen LogP contribution is 2.40. The van der Waals surface area contributed by atoms with Gasteiger partial charge >= 0.3 is 6.18 Å². The number of nitro benzene ring substituents is 1. The fourth-order valence-electron chi connectivity index (χ4n) is 5.66. The van der Waals surface area contributed by atoms with Crippen molar-refractivity contribution in [3.63, 3.8) is 0 Å². The third-order valence-corrected chi connectivity index (χ3v) is 8.19. The normalized spacial score (nSPS) is 11.5. The Hall–Kier alpha value is -5.91. The van der Waals surface area contributed by atoms with Gasteiger partial charge in [-0.2, -0.15) is 17.9 Å². The molecule has 0 fully saturated rings. The summed E-state index contributed by atoms with van der Waals surface area (Å²) >= 11 is 0. The molecule has 0 N–H and O–H groups in total. The zero-order valence-electron chi connectivity index (χ0n) is 26.3. The molecule has 0 saturated heterocycles. The van der Waals surface area contributed by atoms with E-state index in [1.54, 1.807) is 12.1 Å². The maximum atomic E-state index is 13.3. The smallest absolute Gasteiger partial charge is 0.344 e. The lowest BCUT2D eigenvalue weighted by Gasteiger charge is -2.26. The first kappa shape index (κ1) is 32.0. The summed E-state index contributed by atoms with van der Waals surface area (Å²) < 4.78 is 41.5. The Bertz CT molecular complexity index is 2080. The standard InChI is InChI=1S/C36H30F3N7O2/c1-4-26-22-33(34(32(5-2)40-26)24-10-14-25(15-11-24)36(37,38)39)44(3)27-16-12-23(13-17-27)30-8-6-7-9-31(30)35-41-42-43-45(35)28-18-20-29(21-19-28)46(47)48/h6-22H,4-5H2,1-3H3. The minimum Gasteiger partial charge on any atom is -0.344 e. The van der Waals surface area contributed by atoms with Gasteiger partial charge in [0, 0.05) is 41.7 Å². The number of hydrogen-bond acceptors (Lipinski definition) is 7. The fourth-order valence-corrected chi connectivity index (χ4v) is 5.66. The van der Waals surface area contributed by atoms with E-state index >= 15 is 0 Å². The van der Waals surface area contributed by atoms with Gasteiger partial charge in [0.15, 0.2) is 5.82 Å². The van der Waals surface area contributed by atoms with Crippen LogP contribution in [0.2, 0.25) is 0 Å². The van der Waals surface area contributed by atoms with E-state index in [4.69, 9.17) is 4.98 Å². The van der Waals surface area contributed by atoms with E-state index in [1.165, 1.54) is 28.9 Å². The number of benzene rings is 4. The SMILES string of the molecule is CCc1cc(N(C)c2ccc(-c3ccccc3-c3nnnn3-c3ccc([N+](=O)[O-])cc3)cc2)c(-c2ccc(C(F)(F)F)cc2)c(CC)n1. The first-order valence-electron chi connectivity index (χ1n) is 15.3. The van der Waals surface area contributed by atoms with E-state index < -0.39 is 16.7 Å². The Morgan fingerprint density at radius 1 is 0.833 bits per heavy atom. The lowest BCUT2D eigenvalue weighted by atomic mass is 9.96. The highest BCUT2D eigenvalue weighted by molar-refractivity contribution is 5.86. The van der Waals surface area contributed by atoms with Crippen molar-refractivity contribution in [2.75, 3.05) is 11.9 Å². The van der Waals surface area contributed by atoms with Crippen LogP contribution < -0.4 is 4.90 Å². The number of aromatic nitrogens is 5. The number of alkyl halides is 3. The molecule has 0 bridgehead atoms. The van der Waals surface area contributed by atoms with Gasteiger partial charge in [-0.1, -0.05) is 62.4 Å². The van der Waals surface area contributed by atoms with E-state index in [2.05, 4.69) is 15.5 Å². The monoisotopic (exact) mass is 649 g/mol. The predicted octanol–water partition coefficient (Wildman–Crippen LogP) is 8.88. The molecule has 48 heavy (non-hydrogen) atoms. The highest BCUT2D eigenvalue weighted by Gasteiger charge is 2.30. The summed E-state index contributed by atoms with van der Waals surface area (Å²) in [4.78, 5) is 17.5. The second-order valence-electron chi connectivity index (χ2n) is 11.1. The van der Waals surface area contributed by atoms with E-state index in [1.807, 2.05) is 80.4 Å². The van der Waals surface area contributed by atoms with Crippen molar-refractivity contribution in [3.8, 4) is 39.3 Å². The number of anilines is 2. The van der Waals surface area contributed by atoms with Crippen LogP contribution in [0.3, 0.4) is 0 Å². The number of rotatable bonds is 9. The van der Waals surface area contributed by atoms with Crippen LogP contribution in [0.4, 0.5) is 30.2 Å². The molecule has 12 heteroatoms. The second kappa shape index (κ2) is 13.1. The third kappa shape index (κ3) is 6.24. The largest absolute Gasteiger partial charge is 0.416 e. The van der Waals surface area contributed by atoms with E-state index in [0.717, 1.165) is 57.1 Å². The van der Waals surface area contributed by atoms with Crippen molar-refractivity contribution < 1.29 is 18.1 Å². The van der Waals surface area contributed by atoms with Gasteiger partial charge in [0.05, 0.1) is 27.6 Å². The maximum Gasteiger partial charge on any atom is 0.416 e. The first-order chi connectivity index (χ1) is 23.1. The summed E-state index contributed by atoms with van der Waals surface area (Å²) in [7, 11) is 1.93. The molecule has 2 heterocycles. The average molecular weight is 650 g/mol. The Morgan fingerprint density at radius 3 is 2.08 bits per heavy atom. The van der Waals surface area contributed by atoms with Crippen LogP contribution in [-0.4, -0.2) is 37.2 Å². The van der Waals surface area contributed by atoms with Gasteiger partial charge in [0.1, 0.15) is 0 Å². The highest BCUT2D eigenvalue weighted by atomic mass is 19.4. The molecule has 0 amide bonds. The molecule has 6 rings (SSSR count). The van der Waals surface area contributed by atoms with Crippen LogP contribution >= 0.6 is 0 Å². The van der Waals surface area contributed by atoms with E-state index in [0.29, 0.717) is 29.9 Å². The number of halogens is 3. The molecule has 0 aliphatic rings. The summed E-state index contributed by atoms with van der Waals surface area (Å²) in [6, 6.07) is 28.9. The molecule has 2 aromatic heterocycles. The van der Waals surface area contributed by atoms with Crippen molar-refractivity contribution in [3.05, 3.63) is 130 Å². The lowest BCUT2D eigenvalue weighted by molar-refractivity contribution is -0.384. The molecular weight excluding hydrogens is 619 g/mol. The molecule has 0 saturated carbocycles. The van der Waals surface area contributed by atoms with Crippen molar-refractivity contribution in [1.82, 2.24) is 25.2 Å². The van der Waals surface area contributed by atoms with Gasteiger partial charge in [-0.3, -0.25) is 15.1 Å². The summed E-state index contributed by atoms with van der Waals surface area (Å²) in [5, 5.41) is 23.4. The van der Waals surface area contributed by atoms with Crippen molar-refractivity contribution in [2.45, 2.75) is 32.9 Å². The van der Waals surface area contributed by atoms with Gasteiger partial charge in [-0.05, 0) is 82.4 Å². The number of aryl methyl sites for hydroxylation is 2. The fraction of sp³-hybridized carbons (Fsp3) is 0.167. The van der Waals surface area contributed by atoms with Crippen molar-refractivity contribution >= 4 is 17.1 Å². The van der Waals surface area contributed by atoms with Gasteiger partial charge < -0.3 is 4.90 Å². The Balaban J connectivity index is 1.36. The molecular formula is C36H30F3N7O2.